The zero-order valence-electron chi connectivity index (χ0n) is 15.1. The van der Waals surface area contributed by atoms with Gasteiger partial charge in [-0.05, 0) is 31.0 Å². The van der Waals surface area contributed by atoms with E-state index >= 15 is 0 Å². The summed E-state index contributed by atoms with van der Waals surface area (Å²) in [6.07, 6.45) is 5.00. The maximum Gasteiger partial charge on any atom is 0.220 e. The Morgan fingerprint density at radius 1 is 1.08 bits per heavy atom. The number of aryl methyl sites for hydroxylation is 1. The van der Waals surface area contributed by atoms with Crippen molar-refractivity contribution in [2.45, 2.75) is 33.2 Å². The topological polar surface area (TPSA) is 67.8 Å². The highest BCUT2D eigenvalue weighted by Crippen LogP contribution is 2.28. The van der Waals surface area contributed by atoms with Crippen LogP contribution in [0.15, 0.2) is 54.9 Å². The molecule has 2 heterocycles. The first kappa shape index (κ1) is 17.7. The third kappa shape index (κ3) is 4.30. The van der Waals surface area contributed by atoms with Crippen LogP contribution in [0, 0.1) is 6.92 Å². The first-order valence-electron chi connectivity index (χ1n) is 8.78. The average Bonchev–Trinajstić information content (AvgIpc) is 2.68. The van der Waals surface area contributed by atoms with Crippen molar-refractivity contribution in [2.24, 2.45) is 0 Å². The molecular formula is C21H22N4O. The molecular weight excluding hydrogens is 324 g/mol. The molecule has 0 radical (unpaired) electrons. The quantitative estimate of drug-likeness (QED) is 0.734. The van der Waals surface area contributed by atoms with Crippen LogP contribution in [0.5, 0.6) is 0 Å². The van der Waals surface area contributed by atoms with Crippen LogP contribution in [0.25, 0.3) is 22.5 Å². The first-order chi connectivity index (χ1) is 12.7. The number of carbonyl (C=O) groups is 1. The maximum absolute atomic E-state index is 11.6. The Bertz CT molecular complexity index is 876. The fraction of sp³-hybridized carbons (Fsp3) is 0.238. The normalized spacial score (nSPS) is 10.5. The second kappa shape index (κ2) is 8.34. The first-order valence-corrected chi connectivity index (χ1v) is 8.78. The molecule has 1 amide bonds. The van der Waals surface area contributed by atoms with Crippen LogP contribution in [-0.4, -0.2) is 20.9 Å². The predicted molar refractivity (Wildman–Crippen MR) is 102 cm³/mol. The molecule has 1 N–H and O–H groups in total. The molecule has 0 unspecified atom stereocenters. The van der Waals surface area contributed by atoms with Gasteiger partial charge in [0, 0.05) is 36.5 Å². The minimum atomic E-state index is 0.0837. The monoisotopic (exact) mass is 346 g/mol. The Hall–Kier alpha value is -3.08. The van der Waals surface area contributed by atoms with Crippen molar-refractivity contribution < 1.29 is 4.79 Å². The summed E-state index contributed by atoms with van der Waals surface area (Å²) in [7, 11) is 0. The Labute approximate surface area is 153 Å². The number of carbonyl (C=O) groups excluding carboxylic acids is 1. The summed E-state index contributed by atoms with van der Waals surface area (Å²) in [6.45, 7) is 4.41. The van der Waals surface area contributed by atoms with Crippen LogP contribution < -0.4 is 5.32 Å². The SMILES string of the molecule is CCCC(=O)NCc1ccc(-c2nc(C)ncc2-c2ccccn2)cc1. The molecule has 2 aromatic heterocycles. The lowest BCUT2D eigenvalue weighted by Gasteiger charge is -2.10. The van der Waals surface area contributed by atoms with Gasteiger partial charge >= 0.3 is 0 Å². The maximum atomic E-state index is 11.6. The van der Waals surface area contributed by atoms with E-state index in [9.17, 15) is 4.79 Å². The molecule has 0 aliphatic rings. The summed E-state index contributed by atoms with van der Waals surface area (Å²) < 4.78 is 0. The van der Waals surface area contributed by atoms with Gasteiger partial charge in [-0.1, -0.05) is 37.3 Å². The summed E-state index contributed by atoms with van der Waals surface area (Å²) in [5, 5.41) is 2.93. The minimum absolute atomic E-state index is 0.0837. The van der Waals surface area contributed by atoms with Gasteiger partial charge in [-0.2, -0.15) is 0 Å². The van der Waals surface area contributed by atoms with E-state index in [1.165, 1.54) is 0 Å². The van der Waals surface area contributed by atoms with E-state index in [0.717, 1.165) is 40.3 Å². The summed E-state index contributed by atoms with van der Waals surface area (Å²) in [5.74, 6) is 0.802. The number of pyridine rings is 1. The Kier molecular flexibility index (Phi) is 5.69. The molecule has 0 saturated carbocycles. The van der Waals surface area contributed by atoms with Gasteiger partial charge in [0.05, 0.1) is 11.4 Å². The molecule has 0 aliphatic heterocycles. The molecule has 3 rings (SSSR count). The van der Waals surface area contributed by atoms with Crippen molar-refractivity contribution in [3.63, 3.8) is 0 Å². The van der Waals surface area contributed by atoms with Crippen LogP contribution in [0.2, 0.25) is 0 Å². The van der Waals surface area contributed by atoms with E-state index in [-0.39, 0.29) is 5.91 Å². The molecule has 26 heavy (non-hydrogen) atoms. The molecule has 0 bridgehead atoms. The van der Waals surface area contributed by atoms with Gasteiger partial charge in [0.2, 0.25) is 5.91 Å². The van der Waals surface area contributed by atoms with E-state index in [0.29, 0.717) is 13.0 Å². The number of amides is 1. The second-order valence-electron chi connectivity index (χ2n) is 6.12. The second-order valence-corrected chi connectivity index (χ2v) is 6.12. The van der Waals surface area contributed by atoms with Crippen LogP contribution >= 0.6 is 0 Å². The number of nitrogens with zero attached hydrogens (tertiary/aromatic N) is 3. The fourth-order valence-corrected chi connectivity index (χ4v) is 2.70. The number of nitrogens with one attached hydrogen (secondary N) is 1. The van der Waals surface area contributed by atoms with Crippen molar-refractivity contribution in [1.29, 1.82) is 0 Å². The minimum Gasteiger partial charge on any atom is -0.352 e. The molecule has 132 valence electrons. The molecule has 0 atom stereocenters. The lowest BCUT2D eigenvalue weighted by Crippen LogP contribution is -2.21. The summed E-state index contributed by atoms with van der Waals surface area (Å²) >= 11 is 0. The third-order valence-electron chi connectivity index (χ3n) is 4.04. The van der Waals surface area contributed by atoms with E-state index in [4.69, 9.17) is 0 Å². The Morgan fingerprint density at radius 3 is 2.58 bits per heavy atom. The molecule has 0 spiro atoms. The largest absolute Gasteiger partial charge is 0.352 e. The van der Waals surface area contributed by atoms with Crippen molar-refractivity contribution in [3.8, 4) is 22.5 Å². The molecule has 1 aromatic carbocycles. The molecule has 0 aliphatic carbocycles. The predicted octanol–water partition coefficient (Wildman–Crippen LogP) is 3.93. The van der Waals surface area contributed by atoms with Crippen molar-refractivity contribution in [1.82, 2.24) is 20.3 Å². The highest BCUT2D eigenvalue weighted by Gasteiger charge is 2.11. The van der Waals surface area contributed by atoms with Gasteiger partial charge < -0.3 is 5.32 Å². The van der Waals surface area contributed by atoms with Gasteiger partial charge in [0.1, 0.15) is 5.82 Å². The standard InChI is InChI=1S/C21H22N4O/c1-3-6-20(26)24-13-16-8-10-17(11-9-16)21-18(14-23-15(2)25-21)19-7-4-5-12-22-19/h4-5,7-12,14H,3,6,13H2,1-2H3,(H,24,26). The molecule has 0 saturated heterocycles. The van der Waals surface area contributed by atoms with Gasteiger partial charge in [-0.25, -0.2) is 9.97 Å². The Morgan fingerprint density at radius 2 is 1.88 bits per heavy atom. The van der Waals surface area contributed by atoms with E-state index in [1.54, 1.807) is 6.20 Å². The van der Waals surface area contributed by atoms with E-state index < -0.39 is 0 Å². The van der Waals surface area contributed by atoms with Crippen LogP contribution in [0.4, 0.5) is 0 Å². The van der Waals surface area contributed by atoms with Gasteiger partial charge in [-0.3, -0.25) is 9.78 Å². The van der Waals surface area contributed by atoms with Gasteiger partial charge in [0.25, 0.3) is 0 Å². The average molecular weight is 346 g/mol. The number of hydrogen-bond acceptors (Lipinski definition) is 4. The summed E-state index contributed by atoms with van der Waals surface area (Å²) in [6, 6.07) is 13.9. The van der Waals surface area contributed by atoms with Crippen molar-refractivity contribution >= 4 is 5.91 Å². The van der Waals surface area contributed by atoms with E-state index in [1.807, 2.05) is 62.5 Å². The zero-order valence-corrected chi connectivity index (χ0v) is 15.1. The lowest BCUT2D eigenvalue weighted by atomic mass is 10.0. The number of hydrogen-bond donors (Lipinski definition) is 1. The molecule has 5 heteroatoms. The van der Waals surface area contributed by atoms with Crippen LogP contribution in [0.3, 0.4) is 0 Å². The number of benzene rings is 1. The van der Waals surface area contributed by atoms with Crippen molar-refractivity contribution in [3.05, 3.63) is 66.2 Å². The highest BCUT2D eigenvalue weighted by atomic mass is 16.1. The van der Waals surface area contributed by atoms with Crippen LogP contribution in [-0.2, 0) is 11.3 Å². The third-order valence-corrected chi connectivity index (χ3v) is 4.04. The lowest BCUT2D eigenvalue weighted by molar-refractivity contribution is -0.121. The summed E-state index contributed by atoms with van der Waals surface area (Å²) in [5.41, 5.74) is 4.67. The van der Waals surface area contributed by atoms with Crippen molar-refractivity contribution in [2.75, 3.05) is 0 Å². The fourth-order valence-electron chi connectivity index (χ4n) is 2.70. The highest BCUT2D eigenvalue weighted by molar-refractivity contribution is 5.78. The summed E-state index contributed by atoms with van der Waals surface area (Å²) in [4.78, 5) is 25.0. The number of rotatable bonds is 6. The molecule has 3 aromatic rings. The molecule has 0 fully saturated rings. The Balaban J connectivity index is 1.85. The van der Waals surface area contributed by atoms with Gasteiger partial charge in [-0.15, -0.1) is 0 Å². The van der Waals surface area contributed by atoms with E-state index in [2.05, 4.69) is 20.3 Å². The smallest absolute Gasteiger partial charge is 0.220 e. The van der Waals surface area contributed by atoms with Gasteiger partial charge in [0.15, 0.2) is 0 Å². The zero-order chi connectivity index (χ0) is 18.4. The molecule has 5 nitrogen and oxygen atoms in total. The van der Waals surface area contributed by atoms with Crippen LogP contribution in [0.1, 0.15) is 31.2 Å². The number of aromatic nitrogens is 3.